The van der Waals surface area contributed by atoms with Crippen molar-refractivity contribution in [3.8, 4) is 0 Å². The molecule has 0 fully saturated rings. The van der Waals surface area contributed by atoms with Crippen molar-refractivity contribution in [3.05, 3.63) is 76.9 Å². The van der Waals surface area contributed by atoms with Crippen molar-refractivity contribution in [3.63, 3.8) is 0 Å². The molecule has 3 aromatic rings. The number of nitrogens with one attached hydrogen (secondary N) is 1. The van der Waals surface area contributed by atoms with E-state index in [4.69, 9.17) is 0 Å². The fourth-order valence-electron chi connectivity index (χ4n) is 5.27. The van der Waals surface area contributed by atoms with Gasteiger partial charge in [0.05, 0.1) is 12.6 Å². The number of carbonyl (C=O) groups excluding carboxylic acids is 1. The van der Waals surface area contributed by atoms with Crippen molar-refractivity contribution in [2.24, 2.45) is 5.10 Å². The summed E-state index contributed by atoms with van der Waals surface area (Å²) in [6.07, 6.45) is 4.34. The quantitative estimate of drug-likeness (QED) is 0.358. The minimum Gasteiger partial charge on any atom is -0.366 e. The van der Waals surface area contributed by atoms with Crippen molar-refractivity contribution < 1.29 is 4.79 Å². The summed E-state index contributed by atoms with van der Waals surface area (Å²) in [7, 11) is 0. The number of anilines is 1. The number of amides is 1. The first-order valence-corrected chi connectivity index (χ1v) is 12.0. The zero-order valence-corrected chi connectivity index (χ0v) is 20.5. The smallest absolute Gasteiger partial charge is 0.244 e. The summed E-state index contributed by atoms with van der Waals surface area (Å²) in [5.74, 6) is 0.374. The number of hydrogen-bond donors (Lipinski definition) is 1. The van der Waals surface area contributed by atoms with Gasteiger partial charge < -0.3 is 4.90 Å². The van der Waals surface area contributed by atoms with Gasteiger partial charge in [-0.2, -0.15) is 5.10 Å². The Morgan fingerprint density at radius 2 is 1.94 bits per heavy atom. The Kier molecular flexibility index (Phi) is 6.55. The molecule has 1 N–H and O–H groups in total. The summed E-state index contributed by atoms with van der Waals surface area (Å²) in [6.45, 7) is 12.4. The predicted molar refractivity (Wildman–Crippen MR) is 139 cm³/mol. The van der Waals surface area contributed by atoms with Gasteiger partial charge >= 0.3 is 0 Å². The molecule has 0 saturated carbocycles. The number of benzene rings is 3. The number of hydrogen-bond acceptors (Lipinski definition) is 3. The molecule has 0 radical (unpaired) electrons. The highest BCUT2D eigenvalue weighted by Crippen LogP contribution is 2.44. The lowest BCUT2D eigenvalue weighted by molar-refractivity contribution is -0.120. The van der Waals surface area contributed by atoms with Gasteiger partial charge in [0.15, 0.2) is 0 Å². The third-order valence-electron chi connectivity index (χ3n) is 6.84. The molecule has 1 aliphatic rings. The first-order valence-electron chi connectivity index (χ1n) is 12.0. The molecule has 1 heterocycles. The monoisotopic (exact) mass is 441 g/mol. The van der Waals surface area contributed by atoms with Crippen LogP contribution in [-0.4, -0.2) is 24.2 Å². The fraction of sp³-hybridized carbons (Fsp3) is 0.379. The van der Waals surface area contributed by atoms with Crippen molar-refractivity contribution >= 4 is 28.6 Å². The summed E-state index contributed by atoms with van der Waals surface area (Å²) in [5, 5.41) is 6.55. The van der Waals surface area contributed by atoms with Crippen molar-refractivity contribution in [1.82, 2.24) is 5.43 Å². The van der Waals surface area contributed by atoms with Gasteiger partial charge in [0.2, 0.25) is 5.91 Å². The molecule has 4 rings (SSSR count). The highest BCUT2D eigenvalue weighted by atomic mass is 16.2. The summed E-state index contributed by atoms with van der Waals surface area (Å²) in [6, 6.07) is 18.8. The molecule has 3 aromatic carbocycles. The molecule has 4 nitrogen and oxygen atoms in total. The van der Waals surface area contributed by atoms with E-state index in [0.717, 1.165) is 41.3 Å². The number of nitrogens with zero attached hydrogens (tertiary/aromatic N) is 2. The zero-order chi connectivity index (χ0) is 23.6. The van der Waals surface area contributed by atoms with E-state index in [1.54, 1.807) is 6.21 Å². The van der Waals surface area contributed by atoms with Crippen LogP contribution < -0.4 is 10.3 Å². The van der Waals surface area contributed by atoms with E-state index < -0.39 is 0 Å². The lowest BCUT2D eigenvalue weighted by Gasteiger charge is -2.48. The van der Waals surface area contributed by atoms with Crippen molar-refractivity contribution in [2.45, 2.75) is 65.3 Å². The average molecular weight is 442 g/mol. The van der Waals surface area contributed by atoms with E-state index in [1.807, 2.05) is 24.3 Å². The minimum absolute atomic E-state index is 0.109. The molecule has 0 saturated heterocycles. The fourth-order valence-corrected chi connectivity index (χ4v) is 5.27. The molecule has 0 aliphatic carbocycles. The Balaban J connectivity index is 1.51. The molecule has 1 amide bonds. The van der Waals surface area contributed by atoms with Crippen LogP contribution in [0.3, 0.4) is 0 Å². The Hall–Kier alpha value is -3.14. The molecule has 0 bridgehead atoms. The van der Waals surface area contributed by atoms with Crippen LogP contribution in [0.25, 0.3) is 10.8 Å². The Morgan fingerprint density at radius 1 is 1.18 bits per heavy atom. The number of aryl methyl sites for hydroxylation is 1. The maximum atomic E-state index is 12.6. The summed E-state index contributed by atoms with van der Waals surface area (Å²) in [4.78, 5) is 15.1. The molecule has 172 valence electrons. The molecular weight excluding hydrogens is 406 g/mol. The van der Waals surface area contributed by atoms with E-state index >= 15 is 0 Å². The van der Waals surface area contributed by atoms with Gasteiger partial charge in [0.25, 0.3) is 0 Å². The second-order valence-corrected chi connectivity index (χ2v) is 9.95. The SMILES string of the molecule is CCCN1c2cc(C)c(/C=N\NC(=O)Cc3cccc4ccccc34)cc2C(C)CC1(C)C. The summed E-state index contributed by atoms with van der Waals surface area (Å²) >= 11 is 0. The topological polar surface area (TPSA) is 44.7 Å². The molecule has 1 atom stereocenters. The molecule has 1 aliphatic heterocycles. The van der Waals surface area contributed by atoms with Crippen molar-refractivity contribution in [2.75, 3.05) is 11.4 Å². The Labute approximate surface area is 197 Å². The van der Waals surface area contributed by atoms with E-state index in [1.165, 1.54) is 16.8 Å². The molecule has 33 heavy (non-hydrogen) atoms. The van der Waals surface area contributed by atoms with Crippen LogP contribution in [0.2, 0.25) is 0 Å². The second kappa shape index (κ2) is 9.38. The molecule has 4 heteroatoms. The van der Waals surface area contributed by atoms with Gasteiger partial charge in [-0.15, -0.1) is 0 Å². The van der Waals surface area contributed by atoms with E-state index in [9.17, 15) is 4.79 Å². The standard InChI is InChI=1S/C29H35N3O/c1-6-14-32-27-15-20(2)24(16-26(27)21(3)18-29(32,4)5)19-30-31-28(33)17-23-12-9-11-22-10-7-8-13-25(22)23/h7-13,15-16,19,21H,6,14,17-18H2,1-5H3,(H,31,33)/b30-19-. The maximum absolute atomic E-state index is 12.6. The van der Waals surface area contributed by atoms with Gasteiger partial charge in [0.1, 0.15) is 0 Å². The van der Waals surface area contributed by atoms with Gasteiger partial charge in [-0.3, -0.25) is 4.79 Å². The number of rotatable bonds is 6. The van der Waals surface area contributed by atoms with Gasteiger partial charge in [-0.1, -0.05) is 56.3 Å². The lowest BCUT2D eigenvalue weighted by Crippen LogP contribution is -2.48. The predicted octanol–water partition coefficient (Wildman–Crippen LogP) is 6.34. The molecule has 1 unspecified atom stereocenters. The van der Waals surface area contributed by atoms with Crippen LogP contribution in [0.5, 0.6) is 0 Å². The summed E-state index contributed by atoms with van der Waals surface area (Å²) < 4.78 is 0. The van der Waals surface area contributed by atoms with Crippen LogP contribution in [-0.2, 0) is 11.2 Å². The van der Waals surface area contributed by atoms with Crippen LogP contribution in [0, 0.1) is 6.92 Å². The minimum atomic E-state index is -0.109. The maximum Gasteiger partial charge on any atom is 0.244 e. The van der Waals surface area contributed by atoms with E-state index in [0.29, 0.717) is 12.3 Å². The Morgan fingerprint density at radius 3 is 2.73 bits per heavy atom. The first kappa shape index (κ1) is 23.0. The second-order valence-electron chi connectivity index (χ2n) is 9.95. The highest BCUT2D eigenvalue weighted by Gasteiger charge is 2.36. The van der Waals surface area contributed by atoms with Gasteiger partial charge in [0, 0.05) is 17.8 Å². The van der Waals surface area contributed by atoms with E-state index in [-0.39, 0.29) is 11.4 Å². The molecule has 0 spiro atoms. The highest BCUT2D eigenvalue weighted by molar-refractivity contribution is 5.91. The van der Waals surface area contributed by atoms with E-state index in [2.05, 4.69) is 80.4 Å². The first-order chi connectivity index (χ1) is 15.8. The number of carbonyl (C=O) groups is 1. The number of hydrazone groups is 1. The largest absolute Gasteiger partial charge is 0.366 e. The van der Waals surface area contributed by atoms with Gasteiger partial charge in [-0.05, 0) is 84.7 Å². The van der Waals surface area contributed by atoms with Crippen LogP contribution in [0.4, 0.5) is 5.69 Å². The van der Waals surface area contributed by atoms with Crippen molar-refractivity contribution in [1.29, 1.82) is 0 Å². The molecular formula is C29H35N3O. The third-order valence-corrected chi connectivity index (χ3v) is 6.84. The Bertz CT molecular complexity index is 1190. The lowest BCUT2D eigenvalue weighted by atomic mass is 9.79. The van der Waals surface area contributed by atoms with Crippen LogP contribution in [0.1, 0.15) is 68.7 Å². The third kappa shape index (κ3) is 4.80. The van der Waals surface area contributed by atoms with Gasteiger partial charge in [-0.25, -0.2) is 5.43 Å². The number of fused-ring (bicyclic) bond motifs is 2. The molecule has 0 aromatic heterocycles. The average Bonchev–Trinajstić information content (AvgIpc) is 2.77. The normalized spacial score (nSPS) is 17.4. The van der Waals surface area contributed by atoms with Crippen LogP contribution in [0.15, 0.2) is 59.7 Å². The van der Waals surface area contributed by atoms with Crippen LogP contribution >= 0.6 is 0 Å². The zero-order valence-electron chi connectivity index (χ0n) is 20.5. The summed E-state index contributed by atoms with van der Waals surface area (Å²) in [5.41, 5.74) is 8.84.